The van der Waals surface area contributed by atoms with E-state index in [4.69, 9.17) is 5.84 Å². The zero-order valence-corrected chi connectivity index (χ0v) is 13.4. The number of nitrogens with one attached hydrogen (secondary N) is 2. The van der Waals surface area contributed by atoms with Crippen LogP contribution in [0.3, 0.4) is 0 Å². The molecule has 0 aliphatic carbocycles. The molecule has 0 aliphatic heterocycles. The van der Waals surface area contributed by atoms with Crippen LogP contribution in [0.5, 0.6) is 0 Å². The summed E-state index contributed by atoms with van der Waals surface area (Å²) in [5.41, 5.74) is 5.47. The number of anilines is 2. The first-order chi connectivity index (χ1) is 10.6. The van der Waals surface area contributed by atoms with E-state index in [9.17, 15) is 5.26 Å². The molecule has 0 bridgehead atoms. The molecule has 6 nitrogen and oxygen atoms in total. The van der Waals surface area contributed by atoms with Gasteiger partial charge in [0.2, 0.25) is 0 Å². The summed E-state index contributed by atoms with van der Waals surface area (Å²) in [5, 5.41) is 12.2. The fourth-order valence-electron chi connectivity index (χ4n) is 2.02. The molecule has 1 aromatic carbocycles. The van der Waals surface area contributed by atoms with Crippen molar-refractivity contribution in [2.75, 3.05) is 24.4 Å². The van der Waals surface area contributed by atoms with Gasteiger partial charge in [-0.15, -0.1) is 0 Å². The van der Waals surface area contributed by atoms with E-state index >= 15 is 0 Å². The lowest BCUT2D eigenvalue weighted by molar-refractivity contribution is 0.452. The summed E-state index contributed by atoms with van der Waals surface area (Å²) >= 11 is 0. The van der Waals surface area contributed by atoms with Crippen LogP contribution in [0, 0.1) is 11.3 Å². The van der Waals surface area contributed by atoms with Gasteiger partial charge < -0.3 is 20.5 Å². The fraction of sp³-hybridized carbons (Fsp3) is 0.312. The number of nitrogens with two attached hydrogens (primary N) is 1. The second kappa shape index (κ2) is 8.60. The summed E-state index contributed by atoms with van der Waals surface area (Å²) < 4.78 is 0. The number of nitrogen functional groups attached to an aromatic ring is 1. The second-order valence-corrected chi connectivity index (χ2v) is 4.90. The standard InChI is InChI=1S/C16H24N6/c1-5-21(4)12-14-10-15(20-18)6-7-16(14)22(9-8-19-3)13(2)11-17/h5-10,13,19-20H,1,12,18H2,2-4H3/b9-8-. The Bertz CT molecular complexity index is 560. The van der Waals surface area contributed by atoms with Gasteiger partial charge >= 0.3 is 0 Å². The summed E-state index contributed by atoms with van der Waals surface area (Å²) in [4.78, 5) is 3.89. The highest BCUT2D eigenvalue weighted by Crippen LogP contribution is 2.27. The first-order valence-corrected chi connectivity index (χ1v) is 7.01. The summed E-state index contributed by atoms with van der Waals surface area (Å²) in [6.45, 7) is 6.29. The third-order valence-electron chi connectivity index (χ3n) is 3.26. The molecule has 0 amide bonds. The largest absolute Gasteiger partial charge is 0.393 e. The van der Waals surface area contributed by atoms with Gasteiger partial charge in [-0.25, -0.2) is 0 Å². The van der Waals surface area contributed by atoms with E-state index in [1.807, 2.05) is 55.2 Å². The van der Waals surface area contributed by atoms with Crippen LogP contribution >= 0.6 is 0 Å². The van der Waals surface area contributed by atoms with Crippen LogP contribution in [-0.4, -0.2) is 25.0 Å². The molecular weight excluding hydrogens is 276 g/mol. The van der Waals surface area contributed by atoms with Crippen molar-refractivity contribution in [2.45, 2.75) is 19.5 Å². The normalized spacial score (nSPS) is 11.6. The van der Waals surface area contributed by atoms with Crippen molar-refractivity contribution >= 4 is 11.4 Å². The van der Waals surface area contributed by atoms with Gasteiger partial charge in [0.25, 0.3) is 0 Å². The Hall–Kier alpha value is -2.65. The Kier molecular flexibility index (Phi) is 6.80. The lowest BCUT2D eigenvalue weighted by Crippen LogP contribution is -2.28. The maximum Gasteiger partial charge on any atom is 0.118 e. The van der Waals surface area contributed by atoms with Crippen LogP contribution in [0.15, 0.2) is 43.4 Å². The Morgan fingerprint density at radius 2 is 2.23 bits per heavy atom. The van der Waals surface area contributed by atoms with Gasteiger partial charge in [-0.2, -0.15) is 5.26 Å². The molecular formula is C16H24N6. The highest BCUT2D eigenvalue weighted by molar-refractivity contribution is 5.63. The molecule has 0 radical (unpaired) electrons. The molecule has 6 heteroatoms. The minimum atomic E-state index is -0.297. The van der Waals surface area contributed by atoms with Gasteiger partial charge in [0, 0.05) is 44.4 Å². The lowest BCUT2D eigenvalue weighted by atomic mass is 10.1. The number of nitriles is 1. The van der Waals surface area contributed by atoms with Crippen molar-refractivity contribution < 1.29 is 0 Å². The number of hydrogen-bond donors (Lipinski definition) is 3. The highest BCUT2D eigenvalue weighted by Gasteiger charge is 2.16. The highest BCUT2D eigenvalue weighted by atomic mass is 15.2. The third-order valence-corrected chi connectivity index (χ3v) is 3.26. The van der Waals surface area contributed by atoms with Crippen molar-refractivity contribution in [1.29, 1.82) is 5.26 Å². The molecule has 0 aliphatic rings. The fourth-order valence-corrected chi connectivity index (χ4v) is 2.02. The van der Waals surface area contributed by atoms with Crippen LogP contribution in [0.25, 0.3) is 0 Å². The van der Waals surface area contributed by atoms with Gasteiger partial charge in [0.05, 0.1) is 6.07 Å². The van der Waals surface area contributed by atoms with E-state index in [2.05, 4.69) is 23.4 Å². The van der Waals surface area contributed by atoms with Crippen molar-refractivity contribution in [3.63, 3.8) is 0 Å². The molecule has 1 atom stereocenters. The average Bonchev–Trinajstić information content (AvgIpc) is 2.55. The minimum absolute atomic E-state index is 0.297. The van der Waals surface area contributed by atoms with E-state index in [1.165, 1.54) is 0 Å². The third kappa shape index (κ3) is 4.43. The van der Waals surface area contributed by atoms with Crippen molar-refractivity contribution in [2.24, 2.45) is 5.84 Å². The molecule has 22 heavy (non-hydrogen) atoms. The number of benzene rings is 1. The van der Waals surface area contributed by atoms with Gasteiger partial charge in [-0.3, -0.25) is 5.84 Å². The minimum Gasteiger partial charge on any atom is -0.393 e. The van der Waals surface area contributed by atoms with Crippen LogP contribution in [-0.2, 0) is 6.54 Å². The zero-order chi connectivity index (χ0) is 16.5. The van der Waals surface area contributed by atoms with Crippen molar-refractivity contribution in [3.8, 4) is 6.07 Å². The van der Waals surface area contributed by atoms with Gasteiger partial charge in [0.1, 0.15) is 6.04 Å². The Morgan fingerprint density at radius 1 is 1.50 bits per heavy atom. The van der Waals surface area contributed by atoms with Gasteiger partial charge in [-0.05, 0) is 36.9 Å². The molecule has 0 fully saturated rings. The van der Waals surface area contributed by atoms with E-state index in [0.717, 1.165) is 16.9 Å². The smallest absolute Gasteiger partial charge is 0.118 e. The summed E-state index contributed by atoms with van der Waals surface area (Å²) in [5.74, 6) is 5.50. The van der Waals surface area contributed by atoms with E-state index < -0.39 is 0 Å². The first-order valence-electron chi connectivity index (χ1n) is 7.01. The molecule has 4 N–H and O–H groups in total. The number of nitrogens with zero attached hydrogens (tertiary/aromatic N) is 3. The topological polar surface area (TPSA) is 80.3 Å². The molecule has 1 rings (SSSR count). The predicted molar refractivity (Wildman–Crippen MR) is 91.7 cm³/mol. The SMILES string of the molecule is C=CN(C)Cc1cc(NN)ccc1N(/C=C\NC)C(C)C#N. The molecule has 0 aromatic heterocycles. The quantitative estimate of drug-likeness (QED) is 0.503. The molecule has 0 saturated carbocycles. The molecule has 0 heterocycles. The molecule has 0 spiro atoms. The van der Waals surface area contributed by atoms with Crippen LogP contribution in [0.2, 0.25) is 0 Å². The van der Waals surface area contributed by atoms with Crippen molar-refractivity contribution in [3.05, 3.63) is 48.9 Å². The summed E-state index contributed by atoms with van der Waals surface area (Å²) in [7, 11) is 3.76. The lowest BCUT2D eigenvalue weighted by Gasteiger charge is -2.27. The molecule has 1 aromatic rings. The van der Waals surface area contributed by atoms with Crippen LogP contribution in [0.1, 0.15) is 12.5 Å². The summed E-state index contributed by atoms with van der Waals surface area (Å²) in [6, 6.07) is 7.78. The Morgan fingerprint density at radius 3 is 2.77 bits per heavy atom. The van der Waals surface area contributed by atoms with E-state index in [-0.39, 0.29) is 6.04 Å². The van der Waals surface area contributed by atoms with Gasteiger partial charge in [-0.1, -0.05) is 6.58 Å². The van der Waals surface area contributed by atoms with E-state index in [0.29, 0.717) is 6.54 Å². The number of rotatable bonds is 8. The molecule has 1 unspecified atom stereocenters. The Labute approximate surface area is 132 Å². The first kappa shape index (κ1) is 17.4. The summed E-state index contributed by atoms with van der Waals surface area (Å²) in [6.07, 6.45) is 5.41. The zero-order valence-electron chi connectivity index (χ0n) is 13.4. The van der Waals surface area contributed by atoms with Crippen molar-refractivity contribution in [1.82, 2.24) is 10.2 Å². The maximum atomic E-state index is 9.28. The molecule has 118 valence electrons. The van der Waals surface area contributed by atoms with E-state index in [1.54, 1.807) is 12.4 Å². The second-order valence-electron chi connectivity index (χ2n) is 4.90. The predicted octanol–water partition coefficient (Wildman–Crippen LogP) is 1.96. The van der Waals surface area contributed by atoms with Gasteiger partial charge in [0.15, 0.2) is 0 Å². The number of hydrogen-bond acceptors (Lipinski definition) is 6. The average molecular weight is 300 g/mol. The monoisotopic (exact) mass is 300 g/mol. The number of hydrazine groups is 1. The Balaban J connectivity index is 3.30. The molecule has 0 saturated heterocycles. The van der Waals surface area contributed by atoms with Crippen LogP contribution in [0.4, 0.5) is 11.4 Å². The van der Waals surface area contributed by atoms with Crippen LogP contribution < -0.4 is 21.5 Å². The maximum absolute atomic E-state index is 9.28.